The summed E-state index contributed by atoms with van der Waals surface area (Å²) >= 11 is 0. The molecule has 2 rings (SSSR count). The number of fused-ring (bicyclic) bond motifs is 1. The fourth-order valence-corrected chi connectivity index (χ4v) is 2.42. The lowest BCUT2D eigenvalue weighted by atomic mass is 9.72. The molecule has 64 valence electrons. The molecule has 2 nitrogen and oxygen atoms in total. The lowest BCUT2D eigenvalue weighted by Crippen LogP contribution is -2.46. The smallest absolute Gasteiger partial charge is 0.00857 e. The first-order chi connectivity index (χ1) is 5.18. The van der Waals surface area contributed by atoms with Crippen molar-refractivity contribution in [1.29, 1.82) is 0 Å². The van der Waals surface area contributed by atoms with Crippen LogP contribution in [0.25, 0.3) is 0 Å². The number of hydrogen-bond donors (Lipinski definition) is 1. The molecule has 1 aliphatic heterocycles. The predicted octanol–water partition coefficient (Wildman–Crippen LogP) is 0.674. The van der Waals surface area contributed by atoms with Crippen molar-refractivity contribution in [1.82, 2.24) is 4.90 Å². The molecule has 1 saturated heterocycles. The molecule has 1 aliphatic carbocycles. The Morgan fingerprint density at radius 3 is 2.55 bits per heavy atom. The van der Waals surface area contributed by atoms with Crippen LogP contribution in [0.3, 0.4) is 0 Å². The largest absolute Gasteiger partial charge is 0.327 e. The van der Waals surface area contributed by atoms with Crippen LogP contribution in [-0.2, 0) is 0 Å². The zero-order valence-electron chi connectivity index (χ0n) is 7.46. The Hall–Kier alpha value is -0.0800. The minimum absolute atomic E-state index is 0.517. The van der Waals surface area contributed by atoms with Crippen LogP contribution in [0.5, 0.6) is 0 Å². The summed E-state index contributed by atoms with van der Waals surface area (Å²) in [5.41, 5.74) is 5.90. The molecule has 0 spiro atoms. The van der Waals surface area contributed by atoms with Crippen molar-refractivity contribution < 1.29 is 0 Å². The van der Waals surface area contributed by atoms with E-state index >= 15 is 0 Å². The van der Waals surface area contributed by atoms with Gasteiger partial charge in [-0.3, -0.25) is 0 Å². The summed E-state index contributed by atoms with van der Waals surface area (Å²) in [6, 6.07) is 1.23. The highest BCUT2D eigenvalue weighted by molar-refractivity contribution is 5.00. The van der Waals surface area contributed by atoms with Crippen LogP contribution in [0, 0.1) is 11.8 Å². The predicted molar refractivity (Wildman–Crippen MR) is 46.3 cm³/mol. The zero-order chi connectivity index (χ0) is 8.01. The van der Waals surface area contributed by atoms with Gasteiger partial charge in [0.25, 0.3) is 0 Å². The fourth-order valence-electron chi connectivity index (χ4n) is 2.42. The molecule has 0 aromatic heterocycles. The Kier molecular flexibility index (Phi) is 1.69. The average Bonchev–Trinajstić information content (AvgIpc) is 2.26. The first kappa shape index (κ1) is 7.56. The van der Waals surface area contributed by atoms with E-state index in [1.165, 1.54) is 19.5 Å². The molecule has 2 N–H and O–H groups in total. The van der Waals surface area contributed by atoms with Gasteiger partial charge >= 0.3 is 0 Å². The topological polar surface area (TPSA) is 29.3 Å². The number of hydrogen-bond acceptors (Lipinski definition) is 2. The van der Waals surface area contributed by atoms with E-state index in [1.54, 1.807) is 0 Å². The Morgan fingerprint density at radius 1 is 1.36 bits per heavy atom. The number of rotatable bonds is 1. The number of likely N-dealkylation sites (tertiary alicyclic amines) is 1. The molecule has 3 atom stereocenters. The summed E-state index contributed by atoms with van der Waals surface area (Å²) < 4.78 is 0. The minimum atomic E-state index is 0.517. The van der Waals surface area contributed by atoms with Crippen LogP contribution in [-0.4, -0.2) is 30.1 Å². The van der Waals surface area contributed by atoms with Crippen LogP contribution in [0.1, 0.15) is 20.3 Å². The highest BCUT2D eigenvalue weighted by atomic mass is 15.2. The van der Waals surface area contributed by atoms with Gasteiger partial charge in [0, 0.05) is 25.2 Å². The molecule has 0 aromatic rings. The maximum atomic E-state index is 5.90. The third-order valence-corrected chi connectivity index (χ3v) is 3.37. The summed E-state index contributed by atoms with van der Waals surface area (Å²) in [5.74, 6) is 1.77. The van der Waals surface area contributed by atoms with Crippen LogP contribution in [0.15, 0.2) is 0 Å². The molecule has 0 aromatic carbocycles. The van der Waals surface area contributed by atoms with Crippen LogP contribution in [0.4, 0.5) is 0 Å². The van der Waals surface area contributed by atoms with Crippen molar-refractivity contribution in [2.24, 2.45) is 17.6 Å². The normalized spacial score (nSPS) is 44.2. The molecular weight excluding hydrogens is 136 g/mol. The lowest BCUT2D eigenvalue weighted by Gasteiger charge is -2.36. The average molecular weight is 154 g/mol. The van der Waals surface area contributed by atoms with Crippen molar-refractivity contribution in [2.45, 2.75) is 32.4 Å². The van der Waals surface area contributed by atoms with E-state index < -0.39 is 0 Å². The summed E-state index contributed by atoms with van der Waals surface area (Å²) in [6.07, 6.45) is 1.27. The molecule has 0 bridgehead atoms. The summed E-state index contributed by atoms with van der Waals surface area (Å²) in [5, 5.41) is 0. The molecule has 2 heteroatoms. The van der Waals surface area contributed by atoms with Crippen LogP contribution >= 0.6 is 0 Å². The van der Waals surface area contributed by atoms with Crippen LogP contribution < -0.4 is 5.73 Å². The quantitative estimate of drug-likeness (QED) is 0.601. The maximum absolute atomic E-state index is 5.90. The second-order valence-corrected chi connectivity index (χ2v) is 4.37. The number of nitrogens with two attached hydrogens (primary N) is 1. The molecule has 3 unspecified atom stereocenters. The summed E-state index contributed by atoms with van der Waals surface area (Å²) in [7, 11) is 0. The Morgan fingerprint density at radius 2 is 2.09 bits per heavy atom. The Balaban J connectivity index is 1.93. The van der Waals surface area contributed by atoms with Gasteiger partial charge in [0.1, 0.15) is 0 Å². The van der Waals surface area contributed by atoms with Gasteiger partial charge < -0.3 is 10.6 Å². The summed E-state index contributed by atoms with van der Waals surface area (Å²) in [6.45, 7) is 7.10. The van der Waals surface area contributed by atoms with E-state index in [1.807, 2.05) is 0 Å². The van der Waals surface area contributed by atoms with Gasteiger partial charge in [0.05, 0.1) is 0 Å². The third kappa shape index (κ3) is 1.09. The van der Waals surface area contributed by atoms with Gasteiger partial charge in [0.15, 0.2) is 0 Å². The first-order valence-corrected chi connectivity index (χ1v) is 4.68. The van der Waals surface area contributed by atoms with Crippen molar-refractivity contribution in [3.63, 3.8) is 0 Å². The van der Waals surface area contributed by atoms with Crippen LogP contribution in [0.2, 0.25) is 0 Å². The molecule has 1 heterocycles. The first-order valence-electron chi connectivity index (χ1n) is 4.68. The molecule has 0 radical (unpaired) electrons. The van der Waals surface area contributed by atoms with Gasteiger partial charge in [-0.1, -0.05) is 0 Å². The molecule has 2 fully saturated rings. The molecular formula is C9H18N2. The summed E-state index contributed by atoms with van der Waals surface area (Å²) in [4.78, 5) is 2.56. The van der Waals surface area contributed by atoms with E-state index in [2.05, 4.69) is 18.7 Å². The number of nitrogens with zero attached hydrogens (tertiary/aromatic N) is 1. The van der Waals surface area contributed by atoms with Crippen molar-refractivity contribution in [3.05, 3.63) is 0 Å². The SMILES string of the molecule is CC(C)N1CC2CC(N)C2C1. The molecule has 0 amide bonds. The Bertz CT molecular complexity index is 156. The van der Waals surface area contributed by atoms with E-state index in [0.717, 1.165) is 11.8 Å². The molecule has 1 saturated carbocycles. The zero-order valence-corrected chi connectivity index (χ0v) is 7.46. The van der Waals surface area contributed by atoms with Crippen molar-refractivity contribution >= 4 is 0 Å². The second kappa shape index (κ2) is 2.46. The maximum Gasteiger partial charge on any atom is 0.00857 e. The van der Waals surface area contributed by atoms with Crippen molar-refractivity contribution in [3.8, 4) is 0 Å². The van der Waals surface area contributed by atoms with Crippen molar-refractivity contribution in [2.75, 3.05) is 13.1 Å². The molecule has 11 heavy (non-hydrogen) atoms. The van der Waals surface area contributed by atoms with E-state index in [-0.39, 0.29) is 0 Å². The monoisotopic (exact) mass is 154 g/mol. The Labute approximate surface area is 68.7 Å². The van der Waals surface area contributed by atoms with Gasteiger partial charge in [-0.05, 0) is 32.1 Å². The molecule has 2 aliphatic rings. The van der Waals surface area contributed by atoms with E-state index in [0.29, 0.717) is 12.1 Å². The van der Waals surface area contributed by atoms with E-state index in [4.69, 9.17) is 5.73 Å². The van der Waals surface area contributed by atoms with E-state index in [9.17, 15) is 0 Å². The highest BCUT2D eigenvalue weighted by Crippen LogP contribution is 2.40. The fraction of sp³-hybridized carbons (Fsp3) is 1.00. The lowest BCUT2D eigenvalue weighted by molar-refractivity contribution is 0.194. The van der Waals surface area contributed by atoms with Gasteiger partial charge in [-0.15, -0.1) is 0 Å². The highest BCUT2D eigenvalue weighted by Gasteiger charge is 2.45. The van der Waals surface area contributed by atoms with Gasteiger partial charge in [0.2, 0.25) is 0 Å². The standard InChI is InChI=1S/C9H18N2/c1-6(2)11-4-7-3-9(10)8(7)5-11/h6-9H,3-5,10H2,1-2H3. The van der Waals surface area contributed by atoms with Gasteiger partial charge in [-0.2, -0.15) is 0 Å². The minimum Gasteiger partial charge on any atom is -0.327 e. The second-order valence-electron chi connectivity index (χ2n) is 4.37. The van der Waals surface area contributed by atoms with Gasteiger partial charge in [-0.25, -0.2) is 0 Å². The third-order valence-electron chi connectivity index (χ3n) is 3.37.